The van der Waals surface area contributed by atoms with Crippen LogP contribution in [0.2, 0.25) is 0 Å². The van der Waals surface area contributed by atoms with Gasteiger partial charge in [-0.3, -0.25) is 0 Å². The maximum Gasteiger partial charge on any atom is 0.347 e. The molecule has 9 heteroatoms. The van der Waals surface area contributed by atoms with Gasteiger partial charge in [-0.25, -0.2) is 9.59 Å². The van der Waals surface area contributed by atoms with E-state index in [2.05, 4.69) is 13.2 Å². The van der Waals surface area contributed by atoms with Crippen LogP contribution in [0.15, 0.2) is 36.0 Å². The van der Waals surface area contributed by atoms with Crippen LogP contribution in [-0.4, -0.2) is 72.9 Å². The van der Waals surface area contributed by atoms with Crippen molar-refractivity contribution in [1.29, 1.82) is 0 Å². The predicted molar refractivity (Wildman–Crippen MR) is 103 cm³/mol. The molecule has 0 aromatic carbocycles. The highest BCUT2D eigenvalue weighted by atomic mass is 17.0. The summed E-state index contributed by atoms with van der Waals surface area (Å²) in [5.41, 5.74) is 0.0214. The first-order chi connectivity index (χ1) is 14.6. The van der Waals surface area contributed by atoms with Crippen molar-refractivity contribution < 1.29 is 43.1 Å². The predicted octanol–water partition coefficient (Wildman–Crippen LogP) is 0.766. The number of hydrogen-bond acceptors (Lipinski definition) is 9. The van der Waals surface area contributed by atoms with Gasteiger partial charge in [0.05, 0.1) is 24.7 Å². The summed E-state index contributed by atoms with van der Waals surface area (Å²) in [5, 5.41) is 11.0. The van der Waals surface area contributed by atoms with E-state index in [-0.39, 0.29) is 12.0 Å². The van der Waals surface area contributed by atoms with Gasteiger partial charge in [0.15, 0.2) is 6.10 Å². The Balaban J connectivity index is 1.69. The van der Waals surface area contributed by atoms with Crippen LogP contribution in [0, 0.1) is 11.8 Å². The molecular formula is C22H26O9. The maximum absolute atomic E-state index is 12.8. The molecular weight excluding hydrogens is 408 g/mol. The molecule has 5 rings (SSSR count). The lowest BCUT2D eigenvalue weighted by atomic mass is 9.80. The Bertz CT molecular complexity index is 939. The van der Waals surface area contributed by atoms with Crippen LogP contribution in [0.25, 0.3) is 0 Å². The van der Waals surface area contributed by atoms with Crippen molar-refractivity contribution in [3.63, 3.8) is 0 Å². The number of carbonyl (C=O) groups excluding carboxylic acids is 2. The van der Waals surface area contributed by atoms with E-state index in [1.54, 1.807) is 13.8 Å². The molecule has 2 spiro atoms. The second kappa shape index (κ2) is 6.26. The second-order valence-corrected chi connectivity index (χ2v) is 9.02. The van der Waals surface area contributed by atoms with Crippen molar-refractivity contribution in [2.75, 3.05) is 14.2 Å². The van der Waals surface area contributed by atoms with E-state index in [9.17, 15) is 14.7 Å². The Morgan fingerprint density at radius 1 is 1.23 bits per heavy atom. The summed E-state index contributed by atoms with van der Waals surface area (Å²) in [6, 6.07) is 0. The Labute approximate surface area is 179 Å². The van der Waals surface area contributed by atoms with E-state index in [4.69, 9.17) is 28.4 Å². The molecule has 5 aliphatic heterocycles. The topological polar surface area (TPSA) is 116 Å². The number of ether oxygens (including phenoxy) is 6. The highest BCUT2D eigenvalue weighted by Gasteiger charge is 2.99. The standard InChI is InChI=1S/C22H26O9/c1-9(2)12-8-20-21(30-20,19(25)27-6)18-22(29-18,31-20)14(10(3)4)16-15(26-5)11(7-13(12)23)17(24)28-16/h7,12-16,18,23H,1,3,8H2,2,4-6H3. The molecule has 168 valence electrons. The fourth-order valence-electron chi connectivity index (χ4n) is 5.67. The molecule has 4 bridgehead atoms. The van der Waals surface area contributed by atoms with Crippen LogP contribution in [-0.2, 0) is 38.0 Å². The molecule has 9 unspecified atom stereocenters. The van der Waals surface area contributed by atoms with Crippen molar-refractivity contribution in [1.82, 2.24) is 0 Å². The van der Waals surface area contributed by atoms with Crippen LogP contribution >= 0.6 is 0 Å². The molecule has 5 heterocycles. The van der Waals surface area contributed by atoms with E-state index in [0.717, 1.165) is 0 Å². The minimum atomic E-state index is -1.47. The van der Waals surface area contributed by atoms with Crippen LogP contribution in [0.3, 0.4) is 0 Å². The van der Waals surface area contributed by atoms with Gasteiger partial charge in [-0.1, -0.05) is 24.3 Å². The summed E-state index contributed by atoms with van der Waals surface area (Å²) in [6.45, 7) is 11.6. The van der Waals surface area contributed by atoms with Gasteiger partial charge in [0.1, 0.15) is 12.2 Å². The number of carbonyl (C=O) groups is 2. The van der Waals surface area contributed by atoms with E-state index in [1.807, 2.05) is 0 Å². The zero-order valence-corrected chi connectivity index (χ0v) is 17.9. The van der Waals surface area contributed by atoms with Crippen molar-refractivity contribution in [2.24, 2.45) is 11.8 Å². The number of rotatable bonds is 4. The monoisotopic (exact) mass is 434 g/mol. The Morgan fingerprint density at radius 3 is 2.52 bits per heavy atom. The maximum atomic E-state index is 12.8. The van der Waals surface area contributed by atoms with Crippen molar-refractivity contribution in [2.45, 2.75) is 61.9 Å². The lowest BCUT2D eigenvalue weighted by Gasteiger charge is -2.32. The summed E-state index contributed by atoms with van der Waals surface area (Å²) in [6.07, 6.45) is -1.91. The Kier molecular flexibility index (Phi) is 4.21. The molecule has 4 fully saturated rings. The molecule has 5 aliphatic rings. The van der Waals surface area contributed by atoms with Gasteiger partial charge < -0.3 is 33.5 Å². The fourth-order valence-corrected chi connectivity index (χ4v) is 5.67. The number of aliphatic hydroxyl groups is 1. The molecule has 9 nitrogen and oxygen atoms in total. The lowest BCUT2D eigenvalue weighted by molar-refractivity contribution is -0.194. The first kappa shape index (κ1) is 20.8. The molecule has 0 aromatic rings. The van der Waals surface area contributed by atoms with E-state index < -0.39 is 65.4 Å². The lowest BCUT2D eigenvalue weighted by Crippen LogP contribution is -2.44. The van der Waals surface area contributed by atoms with E-state index in [1.165, 1.54) is 20.3 Å². The SMILES string of the molecule is C=C(C)C1CC23OC4(OC4C2(C(=O)OC)O3)C(C(=C)C)C2OC(=O)C(=CC1O)C2OC. The number of fused-ring (bicyclic) bond motifs is 3. The number of hydrogen-bond donors (Lipinski definition) is 1. The molecule has 0 amide bonds. The van der Waals surface area contributed by atoms with Crippen LogP contribution in [0.1, 0.15) is 20.3 Å². The average molecular weight is 434 g/mol. The summed E-state index contributed by atoms with van der Waals surface area (Å²) in [4.78, 5) is 25.6. The summed E-state index contributed by atoms with van der Waals surface area (Å²) in [5.74, 6) is -5.05. The number of epoxide rings is 2. The third-order valence-corrected chi connectivity index (χ3v) is 7.16. The van der Waals surface area contributed by atoms with Gasteiger partial charge in [0, 0.05) is 19.4 Å². The zero-order valence-electron chi connectivity index (χ0n) is 17.9. The van der Waals surface area contributed by atoms with E-state index in [0.29, 0.717) is 11.1 Å². The largest absolute Gasteiger partial charge is 0.467 e. The second-order valence-electron chi connectivity index (χ2n) is 9.02. The number of esters is 2. The molecule has 0 saturated carbocycles. The van der Waals surface area contributed by atoms with Crippen LogP contribution < -0.4 is 0 Å². The molecule has 1 N–H and O–H groups in total. The summed E-state index contributed by atoms with van der Waals surface area (Å²) in [7, 11) is 2.73. The highest BCUT2D eigenvalue weighted by Crippen LogP contribution is 2.75. The summed E-state index contributed by atoms with van der Waals surface area (Å²) >= 11 is 0. The van der Waals surface area contributed by atoms with E-state index >= 15 is 0 Å². The third-order valence-electron chi connectivity index (χ3n) is 7.16. The molecule has 4 saturated heterocycles. The van der Waals surface area contributed by atoms with Crippen molar-refractivity contribution in [3.8, 4) is 0 Å². The minimum absolute atomic E-state index is 0.129. The number of aliphatic hydroxyl groups excluding tert-OH is 1. The average Bonchev–Trinajstić information content (AvgIpc) is 3.53. The zero-order chi connectivity index (χ0) is 22.5. The first-order valence-corrected chi connectivity index (χ1v) is 10.2. The van der Waals surface area contributed by atoms with Gasteiger partial charge in [-0.05, 0) is 19.9 Å². The number of methoxy groups -OCH3 is 2. The molecule has 0 radical (unpaired) electrons. The quantitative estimate of drug-likeness (QED) is 0.389. The molecule has 0 aromatic heterocycles. The normalized spacial score (nSPS) is 49.1. The van der Waals surface area contributed by atoms with Gasteiger partial charge >= 0.3 is 11.9 Å². The minimum Gasteiger partial charge on any atom is -0.467 e. The van der Waals surface area contributed by atoms with Crippen molar-refractivity contribution in [3.05, 3.63) is 36.0 Å². The van der Waals surface area contributed by atoms with Gasteiger partial charge in [0.2, 0.25) is 11.6 Å². The van der Waals surface area contributed by atoms with Crippen molar-refractivity contribution >= 4 is 11.9 Å². The molecule has 0 aliphatic carbocycles. The fraction of sp³-hybridized carbons (Fsp3) is 0.636. The van der Waals surface area contributed by atoms with Gasteiger partial charge in [-0.2, -0.15) is 0 Å². The first-order valence-electron chi connectivity index (χ1n) is 10.2. The molecule has 9 atom stereocenters. The summed E-state index contributed by atoms with van der Waals surface area (Å²) < 4.78 is 34.6. The third kappa shape index (κ3) is 2.38. The van der Waals surface area contributed by atoms with Gasteiger partial charge in [0.25, 0.3) is 5.60 Å². The van der Waals surface area contributed by atoms with Crippen LogP contribution in [0.5, 0.6) is 0 Å². The molecule has 31 heavy (non-hydrogen) atoms. The highest BCUT2D eigenvalue weighted by molar-refractivity contribution is 5.92. The van der Waals surface area contributed by atoms with Gasteiger partial charge in [-0.15, -0.1) is 0 Å². The Hall–Kier alpha value is -2.04. The Morgan fingerprint density at radius 2 is 1.94 bits per heavy atom. The smallest absolute Gasteiger partial charge is 0.347 e. The van der Waals surface area contributed by atoms with Crippen LogP contribution in [0.4, 0.5) is 0 Å².